The maximum absolute atomic E-state index is 9.67. The maximum Gasteiger partial charge on any atom is 0.223 e. The Labute approximate surface area is 163 Å². The molecule has 0 fully saturated rings. The van der Waals surface area contributed by atoms with E-state index in [1.54, 1.807) is 32.5 Å². The molecule has 0 aliphatic carbocycles. The van der Waals surface area contributed by atoms with Crippen molar-refractivity contribution in [2.24, 2.45) is 0 Å². The third-order valence-corrected chi connectivity index (χ3v) is 4.28. The van der Waals surface area contributed by atoms with Gasteiger partial charge in [-0.2, -0.15) is 0 Å². The van der Waals surface area contributed by atoms with Gasteiger partial charge >= 0.3 is 0 Å². The molecule has 0 bridgehead atoms. The molecule has 0 atom stereocenters. The molecule has 0 aliphatic rings. The van der Waals surface area contributed by atoms with Crippen LogP contribution in [0.4, 0.5) is 11.6 Å². The number of anilines is 2. The van der Waals surface area contributed by atoms with Gasteiger partial charge in [-0.1, -0.05) is 0 Å². The first-order valence-electron chi connectivity index (χ1n) is 8.80. The smallest absolute Gasteiger partial charge is 0.223 e. The SMILES string of the molecule is C#CCCCNc1ncc2cc(-c3cc(OC)cc(OC)c3)c(NO)cc2n1. The summed E-state index contributed by atoms with van der Waals surface area (Å²) in [4.78, 5) is 8.87. The van der Waals surface area contributed by atoms with E-state index in [1.807, 2.05) is 18.2 Å². The highest BCUT2D eigenvalue weighted by Gasteiger charge is 2.12. The quantitative estimate of drug-likeness (QED) is 0.311. The number of nitrogens with one attached hydrogen (secondary N) is 2. The number of fused-ring (bicyclic) bond motifs is 1. The van der Waals surface area contributed by atoms with Crippen LogP contribution < -0.4 is 20.3 Å². The Bertz CT molecular complexity index is 992. The Morgan fingerprint density at radius 2 is 1.86 bits per heavy atom. The fraction of sp³-hybridized carbons (Fsp3) is 0.238. The van der Waals surface area contributed by atoms with E-state index in [0.29, 0.717) is 41.6 Å². The van der Waals surface area contributed by atoms with Crippen molar-refractivity contribution in [2.45, 2.75) is 12.8 Å². The molecule has 1 aromatic heterocycles. The van der Waals surface area contributed by atoms with Crippen LogP contribution >= 0.6 is 0 Å². The molecule has 3 aromatic rings. The molecule has 0 amide bonds. The molecule has 7 nitrogen and oxygen atoms in total. The number of unbranched alkanes of at least 4 members (excludes halogenated alkanes) is 1. The van der Waals surface area contributed by atoms with Gasteiger partial charge in [-0.25, -0.2) is 9.97 Å². The van der Waals surface area contributed by atoms with E-state index in [1.165, 1.54) is 0 Å². The van der Waals surface area contributed by atoms with Crippen LogP contribution in [-0.2, 0) is 0 Å². The van der Waals surface area contributed by atoms with Crippen LogP contribution in [0.25, 0.3) is 22.0 Å². The van der Waals surface area contributed by atoms with Gasteiger partial charge in [0.25, 0.3) is 0 Å². The van der Waals surface area contributed by atoms with Gasteiger partial charge in [0.15, 0.2) is 0 Å². The van der Waals surface area contributed by atoms with E-state index in [4.69, 9.17) is 15.9 Å². The topological polar surface area (TPSA) is 88.5 Å². The molecule has 144 valence electrons. The van der Waals surface area contributed by atoms with Crippen LogP contribution in [0.1, 0.15) is 12.8 Å². The monoisotopic (exact) mass is 378 g/mol. The van der Waals surface area contributed by atoms with Crippen LogP contribution in [0.15, 0.2) is 36.5 Å². The minimum absolute atomic E-state index is 0.514. The van der Waals surface area contributed by atoms with E-state index in [9.17, 15) is 5.21 Å². The number of ether oxygens (including phenoxy) is 2. The van der Waals surface area contributed by atoms with E-state index in [0.717, 1.165) is 22.9 Å². The number of methoxy groups -OCH3 is 2. The summed E-state index contributed by atoms with van der Waals surface area (Å²) in [6.45, 7) is 0.697. The van der Waals surface area contributed by atoms with Crippen molar-refractivity contribution >= 4 is 22.5 Å². The molecule has 3 N–H and O–H groups in total. The summed E-state index contributed by atoms with van der Waals surface area (Å²) in [7, 11) is 3.19. The summed E-state index contributed by atoms with van der Waals surface area (Å²) >= 11 is 0. The largest absolute Gasteiger partial charge is 0.497 e. The Hall–Kier alpha value is -3.50. The Balaban J connectivity index is 1.99. The van der Waals surface area contributed by atoms with Crippen LogP contribution in [0.3, 0.4) is 0 Å². The van der Waals surface area contributed by atoms with Gasteiger partial charge in [0.2, 0.25) is 5.95 Å². The van der Waals surface area contributed by atoms with Gasteiger partial charge in [-0.3, -0.25) is 10.7 Å². The average molecular weight is 378 g/mol. The summed E-state index contributed by atoms with van der Waals surface area (Å²) in [5, 5.41) is 13.7. The number of hydrogen-bond acceptors (Lipinski definition) is 7. The molecule has 0 saturated heterocycles. The molecular weight excluding hydrogens is 356 g/mol. The van der Waals surface area contributed by atoms with Gasteiger partial charge in [0, 0.05) is 36.2 Å². The highest BCUT2D eigenvalue weighted by molar-refractivity contribution is 5.92. The first-order chi connectivity index (χ1) is 13.7. The van der Waals surface area contributed by atoms with Crippen LogP contribution in [0.5, 0.6) is 11.5 Å². The molecule has 0 radical (unpaired) electrons. The van der Waals surface area contributed by atoms with Crippen molar-refractivity contribution < 1.29 is 14.7 Å². The van der Waals surface area contributed by atoms with Gasteiger partial charge in [0.05, 0.1) is 25.4 Å². The first-order valence-corrected chi connectivity index (χ1v) is 8.80. The molecule has 7 heteroatoms. The average Bonchev–Trinajstić information content (AvgIpc) is 2.75. The van der Waals surface area contributed by atoms with Crippen LogP contribution in [-0.4, -0.2) is 35.9 Å². The lowest BCUT2D eigenvalue weighted by Gasteiger charge is -2.13. The second kappa shape index (κ2) is 8.93. The van der Waals surface area contributed by atoms with Crippen molar-refractivity contribution in [3.63, 3.8) is 0 Å². The predicted octanol–water partition coefficient (Wildman–Crippen LogP) is 3.94. The Morgan fingerprint density at radius 3 is 2.50 bits per heavy atom. The normalized spacial score (nSPS) is 10.4. The van der Waals surface area contributed by atoms with Crippen molar-refractivity contribution in [1.82, 2.24) is 9.97 Å². The number of terminal acetylenes is 1. The fourth-order valence-corrected chi connectivity index (χ4v) is 2.85. The summed E-state index contributed by atoms with van der Waals surface area (Å²) in [5.74, 6) is 4.43. The number of benzene rings is 2. The minimum atomic E-state index is 0.514. The lowest BCUT2D eigenvalue weighted by molar-refractivity contribution is 0.389. The van der Waals surface area contributed by atoms with Crippen molar-refractivity contribution in [3.05, 3.63) is 36.5 Å². The van der Waals surface area contributed by atoms with E-state index in [2.05, 4.69) is 26.7 Å². The van der Waals surface area contributed by atoms with Crippen molar-refractivity contribution in [3.8, 4) is 35.0 Å². The highest BCUT2D eigenvalue weighted by Crippen LogP contribution is 2.36. The molecule has 2 aromatic carbocycles. The van der Waals surface area contributed by atoms with Gasteiger partial charge in [-0.05, 0) is 36.2 Å². The molecule has 0 unspecified atom stereocenters. The number of rotatable bonds is 8. The molecule has 0 saturated carbocycles. The molecular formula is C21H22N4O3. The van der Waals surface area contributed by atoms with Gasteiger partial charge in [-0.15, -0.1) is 12.3 Å². The summed E-state index contributed by atoms with van der Waals surface area (Å²) in [6, 6.07) is 9.20. The van der Waals surface area contributed by atoms with E-state index < -0.39 is 0 Å². The predicted molar refractivity (Wildman–Crippen MR) is 110 cm³/mol. The zero-order valence-corrected chi connectivity index (χ0v) is 15.8. The van der Waals surface area contributed by atoms with E-state index >= 15 is 0 Å². The first kappa shape index (κ1) is 19.3. The van der Waals surface area contributed by atoms with Gasteiger partial charge in [0.1, 0.15) is 11.5 Å². The fourth-order valence-electron chi connectivity index (χ4n) is 2.85. The number of aromatic nitrogens is 2. The molecule has 1 heterocycles. The lowest BCUT2D eigenvalue weighted by atomic mass is 10.0. The third kappa shape index (κ3) is 4.24. The summed E-state index contributed by atoms with van der Waals surface area (Å²) in [5.41, 5.74) is 5.06. The maximum atomic E-state index is 9.67. The van der Waals surface area contributed by atoms with E-state index in [-0.39, 0.29) is 0 Å². The van der Waals surface area contributed by atoms with Crippen LogP contribution in [0.2, 0.25) is 0 Å². The Kier molecular flexibility index (Phi) is 6.14. The zero-order valence-electron chi connectivity index (χ0n) is 15.8. The molecule has 0 aliphatic heterocycles. The Morgan fingerprint density at radius 1 is 1.11 bits per heavy atom. The summed E-state index contributed by atoms with van der Waals surface area (Å²) in [6.07, 6.45) is 8.55. The molecule has 3 rings (SSSR count). The van der Waals surface area contributed by atoms with Gasteiger partial charge < -0.3 is 14.8 Å². The second-order valence-corrected chi connectivity index (χ2v) is 6.10. The molecule has 0 spiro atoms. The van der Waals surface area contributed by atoms with Crippen molar-refractivity contribution in [1.29, 1.82) is 0 Å². The number of hydrogen-bond donors (Lipinski definition) is 3. The minimum Gasteiger partial charge on any atom is -0.497 e. The number of nitrogens with zero attached hydrogens (tertiary/aromatic N) is 2. The summed E-state index contributed by atoms with van der Waals surface area (Å²) < 4.78 is 10.7. The zero-order chi connectivity index (χ0) is 19.9. The standard InChI is InChI=1S/C21H22N4O3/c1-4-5-6-7-22-21-23-13-15-10-18(20(25-26)12-19(15)24-21)14-8-16(27-2)11-17(9-14)28-3/h1,8-13,25-26H,5-7H2,2-3H3,(H,22,23,24). The lowest BCUT2D eigenvalue weighted by Crippen LogP contribution is -2.05. The van der Waals surface area contributed by atoms with Crippen molar-refractivity contribution in [2.75, 3.05) is 31.6 Å². The second-order valence-electron chi connectivity index (χ2n) is 6.10. The van der Waals surface area contributed by atoms with Crippen LogP contribution in [0, 0.1) is 12.3 Å². The molecule has 28 heavy (non-hydrogen) atoms. The third-order valence-electron chi connectivity index (χ3n) is 4.28. The highest BCUT2D eigenvalue weighted by atomic mass is 16.5.